The van der Waals surface area contributed by atoms with Gasteiger partial charge in [-0.3, -0.25) is 14.5 Å². The topological polar surface area (TPSA) is 60.9 Å². The zero-order valence-electron chi connectivity index (χ0n) is 14.9. The SMILES string of the molecule is O=C(O)[C@@H]1CN(Cc2cccc(C(=O)N3CCCCC3)c2)C[C@H]1C(F)(F)F. The lowest BCUT2D eigenvalue weighted by atomic mass is 9.96. The van der Waals surface area contributed by atoms with Crippen LogP contribution >= 0.6 is 0 Å². The third-order valence-electron chi connectivity index (χ3n) is 5.36. The summed E-state index contributed by atoms with van der Waals surface area (Å²) in [6.07, 6.45) is -1.46. The first-order chi connectivity index (χ1) is 12.8. The number of likely N-dealkylation sites (tertiary alicyclic amines) is 2. The van der Waals surface area contributed by atoms with E-state index in [1.807, 2.05) is 0 Å². The molecule has 3 rings (SSSR count). The van der Waals surface area contributed by atoms with Gasteiger partial charge < -0.3 is 10.0 Å². The fraction of sp³-hybridized carbons (Fsp3) is 0.579. The summed E-state index contributed by atoms with van der Waals surface area (Å²) in [6, 6.07) is 6.89. The summed E-state index contributed by atoms with van der Waals surface area (Å²) in [5.74, 6) is -4.81. The van der Waals surface area contributed by atoms with Gasteiger partial charge in [0, 0.05) is 38.3 Å². The van der Waals surface area contributed by atoms with E-state index in [-0.39, 0.29) is 25.5 Å². The van der Waals surface area contributed by atoms with Crippen molar-refractivity contribution in [3.63, 3.8) is 0 Å². The Morgan fingerprint density at radius 2 is 1.81 bits per heavy atom. The van der Waals surface area contributed by atoms with Gasteiger partial charge in [-0.15, -0.1) is 0 Å². The summed E-state index contributed by atoms with van der Waals surface area (Å²) >= 11 is 0. The number of benzene rings is 1. The van der Waals surface area contributed by atoms with Crippen LogP contribution in [0, 0.1) is 11.8 Å². The van der Waals surface area contributed by atoms with Gasteiger partial charge in [-0.25, -0.2) is 0 Å². The molecular weight excluding hydrogens is 361 g/mol. The first-order valence-corrected chi connectivity index (χ1v) is 9.16. The second kappa shape index (κ2) is 7.88. The molecule has 2 atom stereocenters. The Morgan fingerprint density at radius 3 is 2.41 bits per heavy atom. The minimum atomic E-state index is -4.54. The molecule has 2 saturated heterocycles. The average Bonchev–Trinajstić information content (AvgIpc) is 3.07. The van der Waals surface area contributed by atoms with Crippen LogP contribution in [0.2, 0.25) is 0 Å². The molecule has 2 heterocycles. The van der Waals surface area contributed by atoms with Crippen molar-refractivity contribution >= 4 is 11.9 Å². The molecule has 0 aliphatic carbocycles. The Balaban J connectivity index is 1.69. The lowest BCUT2D eigenvalue weighted by molar-refractivity contribution is -0.188. The van der Waals surface area contributed by atoms with Crippen molar-refractivity contribution in [2.75, 3.05) is 26.2 Å². The highest BCUT2D eigenvalue weighted by Gasteiger charge is 2.52. The monoisotopic (exact) mass is 384 g/mol. The summed E-state index contributed by atoms with van der Waals surface area (Å²) in [4.78, 5) is 27.1. The molecule has 0 unspecified atom stereocenters. The highest BCUT2D eigenvalue weighted by molar-refractivity contribution is 5.94. The summed E-state index contributed by atoms with van der Waals surface area (Å²) < 4.78 is 39.4. The van der Waals surface area contributed by atoms with Gasteiger partial charge >= 0.3 is 12.1 Å². The number of amides is 1. The van der Waals surface area contributed by atoms with Crippen molar-refractivity contribution in [1.82, 2.24) is 9.80 Å². The first kappa shape index (κ1) is 19.7. The summed E-state index contributed by atoms with van der Waals surface area (Å²) in [5.41, 5.74) is 1.24. The molecule has 1 aromatic rings. The van der Waals surface area contributed by atoms with Gasteiger partial charge in [0.2, 0.25) is 0 Å². The number of carbonyl (C=O) groups is 2. The molecular formula is C19H23F3N2O3. The molecule has 0 radical (unpaired) electrons. The maximum atomic E-state index is 13.1. The van der Waals surface area contributed by atoms with Crippen LogP contribution < -0.4 is 0 Å². The van der Waals surface area contributed by atoms with Crippen LogP contribution in [0.25, 0.3) is 0 Å². The molecule has 0 aromatic heterocycles. The summed E-state index contributed by atoms with van der Waals surface area (Å²) in [5, 5.41) is 9.12. The maximum absolute atomic E-state index is 13.1. The average molecular weight is 384 g/mol. The van der Waals surface area contributed by atoms with Crippen molar-refractivity contribution in [2.45, 2.75) is 32.0 Å². The van der Waals surface area contributed by atoms with Gasteiger partial charge in [-0.2, -0.15) is 13.2 Å². The van der Waals surface area contributed by atoms with E-state index in [1.54, 1.807) is 29.2 Å². The van der Waals surface area contributed by atoms with E-state index < -0.39 is 24.0 Å². The number of hydrogen-bond donors (Lipinski definition) is 1. The second-order valence-electron chi connectivity index (χ2n) is 7.34. The van der Waals surface area contributed by atoms with Crippen LogP contribution in [0.3, 0.4) is 0 Å². The Morgan fingerprint density at radius 1 is 1.11 bits per heavy atom. The number of rotatable bonds is 4. The minimum Gasteiger partial charge on any atom is -0.481 e. The second-order valence-corrected chi connectivity index (χ2v) is 7.34. The summed E-state index contributed by atoms with van der Waals surface area (Å²) in [6.45, 7) is 1.15. The number of carbonyl (C=O) groups excluding carboxylic acids is 1. The molecule has 0 saturated carbocycles. The number of carboxylic acids is 1. The highest BCUT2D eigenvalue weighted by atomic mass is 19.4. The van der Waals surface area contributed by atoms with Crippen LogP contribution in [-0.2, 0) is 11.3 Å². The van der Waals surface area contributed by atoms with Crippen molar-refractivity contribution in [3.05, 3.63) is 35.4 Å². The van der Waals surface area contributed by atoms with E-state index in [2.05, 4.69) is 0 Å². The Bertz CT molecular complexity index is 702. The number of aliphatic carboxylic acids is 1. The molecule has 0 spiro atoms. The number of halogens is 3. The van der Waals surface area contributed by atoms with Crippen LogP contribution in [0.4, 0.5) is 13.2 Å². The maximum Gasteiger partial charge on any atom is 0.393 e. The lowest BCUT2D eigenvalue weighted by Gasteiger charge is -2.27. The molecule has 1 N–H and O–H groups in total. The Labute approximate surface area is 155 Å². The van der Waals surface area contributed by atoms with E-state index in [0.717, 1.165) is 32.4 Å². The molecule has 148 valence electrons. The summed E-state index contributed by atoms with van der Waals surface area (Å²) in [7, 11) is 0. The zero-order valence-corrected chi connectivity index (χ0v) is 14.9. The van der Waals surface area contributed by atoms with Crippen LogP contribution in [-0.4, -0.2) is 59.1 Å². The molecule has 2 fully saturated rings. The van der Waals surface area contributed by atoms with E-state index >= 15 is 0 Å². The smallest absolute Gasteiger partial charge is 0.393 e. The van der Waals surface area contributed by atoms with Crippen LogP contribution in [0.15, 0.2) is 24.3 Å². The number of piperidine rings is 1. The molecule has 8 heteroatoms. The van der Waals surface area contributed by atoms with Gasteiger partial charge in [0.15, 0.2) is 0 Å². The number of alkyl halides is 3. The van der Waals surface area contributed by atoms with Crippen molar-refractivity contribution in [2.24, 2.45) is 11.8 Å². The van der Waals surface area contributed by atoms with Gasteiger partial charge in [0.1, 0.15) is 0 Å². The predicted octanol–water partition coefficient (Wildman–Crippen LogP) is 3.01. The normalized spacial score (nSPS) is 24.2. The quantitative estimate of drug-likeness (QED) is 0.867. The molecule has 2 aliphatic rings. The fourth-order valence-electron chi connectivity index (χ4n) is 3.94. The standard InChI is InChI=1S/C19H23F3N2O3/c20-19(21,22)16-12-23(11-15(16)18(26)27)10-13-5-4-6-14(9-13)17(25)24-7-2-1-3-8-24/h4-6,9,15-16H,1-3,7-8,10-12H2,(H,26,27)/t15-,16-/m1/s1. The minimum absolute atomic E-state index is 0.0606. The van der Waals surface area contributed by atoms with E-state index in [9.17, 15) is 22.8 Å². The number of carboxylic acid groups (broad SMARTS) is 1. The van der Waals surface area contributed by atoms with Gasteiger partial charge in [0.05, 0.1) is 11.8 Å². The number of hydrogen-bond acceptors (Lipinski definition) is 3. The zero-order chi connectivity index (χ0) is 19.6. The van der Waals surface area contributed by atoms with E-state index in [4.69, 9.17) is 5.11 Å². The van der Waals surface area contributed by atoms with Crippen molar-refractivity contribution in [3.8, 4) is 0 Å². The van der Waals surface area contributed by atoms with Crippen molar-refractivity contribution < 1.29 is 27.9 Å². The molecule has 0 bridgehead atoms. The van der Waals surface area contributed by atoms with E-state index in [1.165, 1.54) is 4.90 Å². The number of nitrogens with zero attached hydrogens (tertiary/aromatic N) is 2. The predicted molar refractivity (Wildman–Crippen MR) is 92.1 cm³/mol. The third kappa shape index (κ3) is 4.61. The van der Waals surface area contributed by atoms with Gasteiger partial charge in [0.25, 0.3) is 5.91 Å². The Hall–Kier alpha value is -2.09. The van der Waals surface area contributed by atoms with Crippen LogP contribution in [0.1, 0.15) is 35.2 Å². The van der Waals surface area contributed by atoms with Crippen LogP contribution in [0.5, 0.6) is 0 Å². The van der Waals surface area contributed by atoms with Gasteiger partial charge in [-0.1, -0.05) is 12.1 Å². The fourth-order valence-corrected chi connectivity index (χ4v) is 3.94. The van der Waals surface area contributed by atoms with E-state index in [0.29, 0.717) is 11.1 Å². The van der Waals surface area contributed by atoms with Gasteiger partial charge in [-0.05, 0) is 37.0 Å². The molecule has 2 aliphatic heterocycles. The molecule has 1 amide bonds. The first-order valence-electron chi connectivity index (χ1n) is 9.16. The third-order valence-corrected chi connectivity index (χ3v) is 5.36. The Kier molecular flexibility index (Phi) is 5.74. The lowest BCUT2D eigenvalue weighted by Crippen LogP contribution is -2.35. The van der Waals surface area contributed by atoms with Crippen molar-refractivity contribution in [1.29, 1.82) is 0 Å². The molecule has 5 nitrogen and oxygen atoms in total. The largest absolute Gasteiger partial charge is 0.481 e. The molecule has 27 heavy (non-hydrogen) atoms. The molecule has 1 aromatic carbocycles. The highest BCUT2D eigenvalue weighted by Crippen LogP contribution is 2.38.